The smallest absolute Gasteiger partial charge is 0.335 e. The average molecular weight is 307 g/mol. The Balaban J connectivity index is 0. The van der Waals surface area contributed by atoms with Gasteiger partial charge in [0.2, 0.25) is 0 Å². The van der Waals surface area contributed by atoms with E-state index in [1.807, 2.05) is 13.8 Å². The van der Waals surface area contributed by atoms with Crippen LogP contribution in [0.15, 0.2) is 0 Å². The molecule has 0 bridgehead atoms. The Labute approximate surface area is 111 Å². The number of hydrogen-bond donors (Lipinski definition) is 0. The van der Waals surface area contributed by atoms with Crippen LogP contribution >= 0.6 is 0 Å². The van der Waals surface area contributed by atoms with Crippen LogP contribution in [0.3, 0.4) is 0 Å². The van der Waals surface area contributed by atoms with Crippen LogP contribution < -0.4 is 0 Å². The predicted octanol–water partition coefficient (Wildman–Crippen LogP) is 1.79. The summed E-state index contributed by atoms with van der Waals surface area (Å²) < 4.78 is 58.6. The molecule has 19 heavy (non-hydrogen) atoms. The second-order valence-corrected chi connectivity index (χ2v) is 5.11. The first-order chi connectivity index (χ1) is 8.58. The first kappa shape index (κ1) is 20.5. The normalized spacial score (nSPS) is 15.0. The molecule has 0 spiro atoms. The van der Waals surface area contributed by atoms with Gasteiger partial charge in [0.15, 0.2) is 0 Å². The lowest BCUT2D eigenvalue weighted by molar-refractivity contribution is -0.184. The molecule has 9 heteroatoms. The van der Waals surface area contributed by atoms with Crippen LogP contribution in [0.25, 0.3) is 0 Å². The topological polar surface area (TPSA) is 63.7 Å². The van der Waals surface area contributed by atoms with Gasteiger partial charge < -0.3 is 4.90 Å². The molecule has 1 rings (SSSR count). The molecule has 0 aliphatic carbocycles. The zero-order valence-electron chi connectivity index (χ0n) is 11.5. The summed E-state index contributed by atoms with van der Waals surface area (Å²) in [6.07, 6.45) is -2.33. The van der Waals surface area contributed by atoms with Crippen LogP contribution in [0.1, 0.15) is 26.7 Å². The fourth-order valence-corrected chi connectivity index (χ4v) is 1.10. The number of nitrogens with zero attached hydrogens (tertiary/aromatic N) is 1. The van der Waals surface area contributed by atoms with E-state index in [4.69, 9.17) is 0 Å². The molecular formula is C10H20F3NO4S. The molecule has 1 aliphatic rings. The minimum absolute atomic E-state index is 0.248. The van der Waals surface area contributed by atoms with E-state index < -0.39 is 22.2 Å². The van der Waals surface area contributed by atoms with Crippen LogP contribution in [0.4, 0.5) is 13.2 Å². The molecule has 0 aromatic carbocycles. The number of carbonyl (C=O) groups excluding carboxylic acids is 1. The van der Waals surface area contributed by atoms with Crippen molar-refractivity contribution >= 4 is 16.0 Å². The summed E-state index contributed by atoms with van der Waals surface area (Å²) >= 11 is 0. The SMILES string of the molecule is CC.COS(C)(=O)=O.O=C(N1CCCC1)C(F)(F)F. The van der Waals surface area contributed by atoms with Crippen LogP contribution in [0, 0.1) is 0 Å². The maximum Gasteiger partial charge on any atom is 0.471 e. The highest BCUT2D eigenvalue weighted by molar-refractivity contribution is 7.85. The van der Waals surface area contributed by atoms with Gasteiger partial charge >= 0.3 is 12.1 Å². The number of alkyl halides is 3. The van der Waals surface area contributed by atoms with Gasteiger partial charge in [0.1, 0.15) is 0 Å². The first-order valence-electron chi connectivity index (χ1n) is 5.69. The van der Waals surface area contributed by atoms with Gasteiger partial charge in [-0.25, -0.2) is 0 Å². The fourth-order valence-electron chi connectivity index (χ4n) is 1.10. The zero-order valence-corrected chi connectivity index (χ0v) is 12.3. The number of hydrogen-bond acceptors (Lipinski definition) is 4. The van der Waals surface area contributed by atoms with Crippen molar-refractivity contribution in [1.82, 2.24) is 4.90 Å². The van der Waals surface area contributed by atoms with Crippen LogP contribution in [-0.4, -0.2) is 51.9 Å². The van der Waals surface area contributed by atoms with Crippen molar-refractivity contribution in [3.8, 4) is 0 Å². The van der Waals surface area contributed by atoms with Crippen molar-refractivity contribution in [2.45, 2.75) is 32.9 Å². The molecule has 1 saturated heterocycles. The Bertz CT molecular complexity index is 348. The Kier molecular flexibility index (Phi) is 9.85. The van der Waals surface area contributed by atoms with Crippen molar-refractivity contribution in [1.29, 1.82) is 0 Å². The van der Waals surface area contributed by atoms with E-state index in [2.05, 4.69) is 4.18 Å². The van der Waals surface area contributed by atoms with E-state index in [0.717, 1.165) is 18.3 Å². The third kappa shape index (κ3) is 10.8. The molecule has 1 heterocycles. The molecule has 0 saturated carbocycles. The minimum Gasteiger partial charge on any atom is -0.335 e. The highest BCUT2D eigenvalue weighted by Crippen LogP contribution is 2.21. The lowest BCUT2D eigenvalue weighted by Gasteiger charge is -2.16. The van der Waals surface area contributed by atoms with Crippen molar-refractivity contribution in [3.63, 3.8) is 0 Å². The Hall–Kier alpha value is -0.830. The maximum atomic E-state index is 11.7. The van der Waals surface area contributed by atoms with Gasteiger partial charge in [-0.1, -0.05) is 13.8 Å². The summed E-state index contributed by atoms with van der Waals surface area (Å²) in [4.78, 5) is 11.3. The van der Waals surface area contributed by atoms with Gasteiger partial charge in [0.05, 0.1) is 13.4 Å². The van der Waals surface area contributed by atoms with Crippen molar-refractivity contribution in [2.24, 2.45) is 0 Å². The quantitative estimate of drug-likeness (QED) is 0.693. The van der Waals surface area contributed by atoms with Gasteiger partial charge in [-0.05, 0) is 12.8 Å². The summed E-state index contributed by atoms with van der Waals surface area (Å²) in [5.41, 5.74) is 0. The molecule has 116 valence electrons. The second kappa shape index (κ2) is 9.13. The highest BCUT2D eigenvalue weighted by atomic mass is 32.2. The number of rotatable bonds is 1. The van der Waals surface area contributed by atoms with E-state index in [0.29, 0.717) is 12.8 Å². The zero-order chi connectivity index (χ0) is 15.7. The lowest BCUT2D eigenvalue weighted by atomic mass is 10.4. The highest BCUT2D eigenvalue weighted by Gasteiger charge is 2.42. The van der Waals surface area contributed by atoms with E-state index >= 15 is 0 Å². The molecule has 1 amide bonds. The lowest BCUT2D eigenvalue weighted by Crippen LogP contribution is -2.39. The van der Waals surface area contributed by atoms with Crippen molar-refractivity contribution in [3.05, 3.63) is 0 Å². The van der Waals surface area contributed by atoms with E-state index in [1.165, 1.54) is 0 Å². The van der Waals surface area contributed by atoms with Gasteiger partial charge in [-0.15, -0.1) is 0 Å². The van der Waals surface area contributed by atoms with Gasteiger partial charge in [-0.3, -0.25) is 8.98 Å². The number of halogens is 3. The molecule has 0 radical (unpaired) electrons. The standard InChI is InChI=1S/C6H8F3NO.C2H6O3S.C2H6/c7-6(8,9)5(11)10-3-1-2-4-10;1-5-6(2,3)4;1-2/h1-4H2;1-2H3;1-2H3. The molecular weight excluding hydrogens is 287 g/mol. The molecule has 0 aromatic rings. The Morgan fingerprint density at radius 1 is 1.16 bits per heavy atom. The molecule has 1 aliphatic heterocycles. The van der Waals surface area contributed by atoms with Crippen LogP contribution in [0.2, 0.25) is 0 Å². The van der Waals surface area contributed by atoms with E-state index in [-0.39, 0.29) is 13.1 Å². The Morgan fingerprint density at radius 3 is 1.68 bits per heavy atom. The molecule has 0 aromatic heterocycles. The fraction of sp³-hybridized carbons (Fsp3) is 0.900. The van der Waals surface area contributed by atoms with Crippen LogP contribution in [0.5, 0.6) is 0 Å². The molecule has 1 fully saturated rings. The largest absolute Gasteiger partial charge is 0.471 e. The van der Waals surface area contributed by atoms with Crippen molar-refractivity contribution in [2.75, 3.05) is 26.5 Å². The predicted molar refractivity (Wildman–Crippen MR) is 65.1 cm³/mol. The summed E-state index contributed by atoms with van der Waals surface area (Å²) in [6.45, 7) is 4.50. The summed E-state index contributed by atoms with van der Waals surface area (Å²) in [6, 6.07) is 0. The van der Waals surface area contributed by atoms with Gasteiger partial charge in [0, 0.05) is 13.1 Å². The number of likely N-dealkylation sites (tertiary alicyclic amines) is 1. The van der Waals surface area contributed by atoms with Gasteiger partial charge in [0.25, 0.3) is 10.1 Å². The van der Waals surface area contributed by atoms with E-state index in [9.17, 15) is 26.4 Å². The molecule has 5 nitrogen and oxygen atoms in total. The van der Waals surface area contributed by atoms with Crippen molar-refractivity contribution < 1.29 is 30.6 Å². The maximum absolute atomic E-state index is 11.7. The van der Waals surface area contributed by atoms with Gasteiger partial charge in [-0.2, -0.15) is 21.6 Å². The number of amides is 1. The average Bonchev–Trinajstić information content (AvgIpc) is 2.83. The minimum atomic E-state index is -4.69. The summed E-state index contributed by atoms with van der Waals surface area (Å²) in [7, 11) is -2.04. The molecule has 0 unspecified atom stereocenters. The third-order valence-electron chi connectivity index (χ3n) is 1.94. The number of carbonyl (C=O) groups is 1. The summed E-state index contributed by atoms with van der Waals surface area (Å²) in [5.74, 6) is -1.70. The molecule has 0 N–H and O–H groups in total. The summed E-state index contributed by atoms with van der Waals surface area (Å²) in [5, 5.41) is 0. The monoisotopic (exact) mass is 307 g/mol. The van der Waals surface area contributed by atoms with E-state index in [1.54, 1.807) is 0 Å². The Morgan fingerprint density at radius 2 is 1.47 bits per heavy atom. The van der Waals surface area contributed by atoms with Crippen LogP contribution in [-0.2, 0) is 19.1 Å². The first-order valence-corrected chi connectivity index (χ1v) is 7.51. The third-order valence-corrected chi connectivity index (χ3v) is 2.54. The second-order valence-electron chi connectivity index (χ2n) is 3.37. The molecule has 0 atom stereocenters.